The van der Waals surface area contributed by atoms with Gasteiger partial charge in [0, 0.05) is 8.95 Å². The van der Waals surface area contributed by atoms with Crippen molar-refractivity contribution in [2.45, 2.75) is 6.61 Å². The predicted octanol–water partition coefficient (Wildman–Crippen LogP) is 4.07. The molecule has 3 nitrogen and oxygen atoms in total. The second-order valence-electron chi connectivity index (χ2n) is 3.83. The maximum Gasteiger partial charge on any atom is 0.275 e. The first-order valence-electron chi connectivity index (χ1n) is 5.58. The Morgan fingerprint density at radius 2 is 1.84 bits per heavy atom. The molecule has 0 spiro atoms. The third-order valence-electron chi connectivity index (χ3n) is 2.42. The van der Waals surface area contributed by atoms with Gasteiger partial charge in [-0.3, -0.25) is 9.63 Å². The Labute approximate surface area is 128 Å². The molecular weight excluding hydrogens is 374 g/mol. The lowest BCUT2D eigenvalue weighted by Gasteiger charge is -2.07. The fourth-order valence-corrected chi connectivity index (χ4v) is 2.71. The molecule has 0 aliphatic carbocycles. The smallest absolute Gasteiger partial charge is 0.269 e. The lowest BCUT2D eigenvalue weighted by atomic mass is 10.2. The Bertz CT molecular complexity index is 573. The van der Waals surface area contributed by atoms with E-state index in [0.29, 0.717) is 16.6 Å². The third kappa shape index (κ3) is 4.16. The number of benzene rings is 2. The van der Waals surface area contributed by atoms with Crippen LogP contribution in [0.4, 0.5) is 0 Å². The van der Waals surface area contributed by atoms with Gasteiger partial charge in [0.25, 0.3) is 5.91 Å². The first-order chi connectivity index (χ1) is 9.16. The fraction of sp³-hybridized carbons (Fsp3) is 0.0714. The molecule has 2 aromatic carbocycles. The molecule has 1 N–H and O–H groups in total. The van der Waals surface area contributed by atoms with Gasteiger partial charge in [-0.2, -0.15) is 0 Å². The minimum Gasteiger partial charge on any atom is -0.269 e. The number of hydrogen-bond acceptors (Lipinski definition) is 2. The number of carbonyl (C=O) groups excluding carboxylic acids is 1. The van der Waals surface area contributed by atoms with Crippen LogP contribution in [0.15, 0.2) is 57.5 Å². The van der Waals surface area contributed by atoms with Crippen molar-refractivity contribution in [1.29, 1.82) is 0 Å². The number of hydroxylamine groups is 1. The molecule has 1 amide bonds. The molecule has 19 heavy (non-hydrogen) atoms. The van der Waals surface area contributed by atoms with E-state index in [2.05, 4.69) is 37.3 Å². The zero-order valence-corrected chi connectivity index (χ0v) is 13.1. The van der Waals surface area contributed by atoms with E-state index in [1.807, 2.05) is 36.4 Å². The number of halogens is 2. The van der Waals surface area contributed by atoms with Crippen LogP contribution < -0.4 is 5.48 Å². The van der Waals surface area contributed by atoms with Crippen LogP contribution in [-0.4, -0.2) is 5.91 Å². The first-order valence-corrected chi connectivity index (χ1v) is 7.16. The summed E-state index contributed by atoms with van der Waals surface area (Å²) >= 11 is 6.67. The Morgan fingerprint density at radius 1 is 1.11 bits per heavy atom. The molecule has 0 atom stereocenters. The largest absolute Gasteiger partial charge is 0.275 e. The van der Waals surface area contributed by atoms with Gasteiger partial charge in [0.15, 0.2) is 0 Å². The number of carbonyl (C=O) groups is 1. The van der Waals surface area contributed by atoms with Gasteiger partial charge in [0.05, 0.1) is 12.2 Å². The van der Waals surface area contributed by atoms with Crippen LogP contribution in [0.5, 0.6) is 0 Å². The SMILES string of the molecule is O=C(NOCc1ccccc1)c1ccc(Br)cc1Br. The highest BCUT2D eigenvalue weighted by Crippen LogP contribution is 2.21. The summed E-state index contributed by atoms with van der Waals surface area (Å²) in [6, 6.07) is 15.0. The van der Waals surface area contributed by atoms with Crippen molar-refractivity contribution in [1.82, 2.24) is 5.48 Å². The van der Waals surface area contributed by atoms with Crippen LogP contribution in [0.1, 0.15) is 15.9 Å². The summed E-state index contributed by atoms with van der Waals surface area (Å²) in [7, 11) is 0. The van der Waals surface area contributed by atoms with Gasteiger partial charge in [-0.05, 0) is 39.7 Å². The Morgan fingerprint density at radius 3 is 2.53 bits per heavy atom. The molecule has 0 radical (unpaired) electrons. The zero-order valence-electron chi connectivity index (χ0n) is 9.90. The van der Waals surface area contributed by atoms with E-state index in [4.69, 9.17) is 4.84 Å². The Balaban J connectivity index is 1.91. The molecule has 0 aliphatic rings. The van der Waals surface area contributed by atoms with Crippen molar-refractivity contribution < 1.29 is 9.63 Å². The predicted molar refractivity (Wildman–Crippen MR) is 80.5 cm³/mol. The van der Waals surface area contributed by atoms with Gasteiger partial charge in [-0.25, -0.2) is 5.48 Å². The van der Waals surface area contributed by atoms with E-state index in [-0.39, 0.29) is 5.91 Å². The number of hydrogen-bond donors (Lipinski definition) is 1. The van der Waals surface area contributed by atoms with Crippen molar-refractivity contribution in [2.75, 3.05) is 0 Å². The van der Waals surface area contributed by atoms with Crippen LogP contribution in [0.2, 0.25) is 0 Å². The molecule has 5 heteroatoms. The van der Waals surface area contributed by atoms with Gasteiger partial charge in [-0.15, -0.1) is 0 Å². The lowest BCUT2D eigenvalue weighted by Crippen LogP contribution is -2.23. The highest BCUT2D eigenvalue weighted by molar-refractivity contribution is 9.11. The molecular formula is C14H11Br2NO2. The highest BCUT2D eigenvalue weighted by atomic mass is 79.9. The second kappa shape index (κ2) is 6.84. The van der Waals surface area contributed by atoms with Crippen molar-refractivity contribution in [2.24, 2.45) is 0 Å². The fourth-order valence-electron chi connectivity index (χ4n) is 1.49. The monoisotopic (exact) mass is 383 g/mol. The van der Waals surface area contributed by atoms with Gasteiger partial charge >= 0.3 is 0 Å². The van der Waals surface area contributed by atoms with E-state index in [9.17, 15) is 4.79 Å². The Kier molecular flexibility index (Phi) is 5.13. The molecule has 2 aromatic rings. The minimum absolute atomic E-state index is 0.282. The molecule has 0 saturated carbocycles. The number of rotatable bonds is 4. The van der Waals surface area contributed by atoms with Gasteiger partial charge in [0.1, 0.15) is 0 Å². The molecule has 0 fully saturated rings. The maximum absolute atomic E-state index is 11.9. The summed E-state index contributed by atoms with van der Waals surface area (Å²) < 4.78 is 1.61. The third-order valence-corrected chi connectivity index (χ3v) is 3.57. The summed E-state index contributed by atoms with van der Waals surface area (Å²) in [5, 5.41) is 0. The molecule has 0 unspecified atom stereocenters. The zero-order chi connectivity index (χ0) is 13.7. The van der Waals surface area contributed by atoms with Crippen LogP contribution in [0, 0.1) is 0 Å². The average molecular weight is 385 g/mol. The molecule has 0 heterocycles. The summed E-state index contributed by atoms with van der Waals surface area (Å²) in [6.07, 6.45) is 0. The summed E-state index contributed by atoms with van der Waals surface area (Å²) in [6.45, 7) is 0.334. The number of amides is 1. The van der Waals surface area contributed by atoms with E-state index in [1.165, 1.54) is 0 Å². The van der Waals surface area contributed by atoms with Crippen LogP contribution >= 0.6 is 31.9 Å². The van der Waals surface area contributed by atoms with Gasteiger partial charge < -0.3 is 0 Å². The Hall–Kier alpha value is -1.17. The van der Waals surface area contributed by atoms with E-state index in [1.54, 1.807) is 12.1 Å². The average Bonchev–Trinajstić information content (AvgIpc) is 2.39. The van der Waals surface area contributed by atoms with Crippen molar-refractivity contribution in [3.8, 4) is 0 Å². The minimum atomic E-state index is -0.282. The molecule has 0 aromatic heterocycles. The van der Waals surface area contributed by atoms with E-state index in [0.717, 1.165) is 10.0 Å². The highest BCUT2D eigenvalue weighted by Gasteiger charge is 2.10. The molecule has 0 bridgehead atoms. The lowest BCUT2D eigenvalue weighted by molar-refractivity contribution is 0.0233. The van der Waals surface area contributed by atoms with E-state index >= 15 is 0 Å². The standard InChI is InChI=1S/C14H11Br2NO2/c15-11-6-7-12(13(16)8-11)14(18)17-19-9-10-4-2-1-3-5-10/h1-8H,9H2,(H,17,18). The van der Waals surface area contributed by atoms with Crippen LogP contribution in [-0.2, 0) is 11.4 Å². The topological polar surface area (TPSA) is 38.3 Å². The second-order valence-corrected chi connectivity index (χ2v) is 5.60. The van der Waals surface area contributed by atoms with Gasteiger partial charge in [0.2, 0.25) is 0 Å². The normalized spacial score (nSPS) is 10.2. The molecule has 98 valence electrons. The van der Waals surface area contributed by atoms with Crippen LogP contribution in [0.25, 0.3) is 0 Å². The molecule has 0 aliphatic heterocycles. The van der Waals surface area contributed by atoms with Crippen molar-refractivity contribution in [3.63, 3.8) is 0 Å². The van der Waals surface area contributed by atoms with E-state index < -0.39 is 0 Å². The maximum atomic E-state index is 11.9. The number of nitrogens with one attached hydrogen (secondary N) is 1. The summed E-state index contributed by atoms with van der Waals surface area (Å²) in [5.74, 6) is -0.282. The van der Waals surface area contributed by atoms with Crippen LogP contribution in [0.3, 0.4) is 0 Å². The summed E-state index contributed by atoms with van der Waals surface area (Å²) in [4.78, 5) is 17.1. The summed E-state index contributed by atoms with van der Waals surface area (Å²) in [5.41, 5.74) is 3.95. The molecule has 0 saturated heterocycles. The van der Waals surface area contributed by atoms with Crippen molar-refractivity contribution >= 4 is 37.8 Å². The van der Waals surface area contributed by atoms with Gasteiger partial charge in [-0.1, -0.05) is 46.3 Å². The quantitative estimate of drug-likeness (QED) is 0.806. The van der Waals surface area contributed by atoms with Crippen molar-refractivity contribution in [3.05, 3.63) is 68.6 Å². The first kappa shape index (κ1) is 14.2. The molecule has 2 rings (SSSR count).